The Balaban J connectivity index is 1.33. The van der Waals surface area contributed by atoms with Gasteiger partial charge in [-0.3, -0.25) is 4.79 Å². The summed E-state index contributed by atoms with van der Waals surface area (Å²) in [6.45, 7) is 3.30. The van der Waals surface area contributed by atoms with Crippen LogP contribution in [0, 0.1) is 12.8 Å². The topological polar surface area (TPSA) is 64.8 Å². The highest BCUT2D eigenvalue weighted by Gasteiger charge is 2.27. The van der Waals surface area contributed by atoms with Crippen molar-refractivity contribution in [2.45, 2.75) is 32.6 Å². The number of likely N-dealkylation sites (tertiary alicyclic amines) is 1. The largest absolute Gasteiger partial charge is 0.497 e. The average Bonchev–Trinajstić information content (AvgIpc) is 3.24. The van der Waals surface area contributed by atoms with Crippen LogP contribution in [-0.4, -0.2) is 43.1 Å². The predicted molar refractivity (Wildman–Crippen MR) is 123 cm³/mol. The molecule has 1 fully saturated rings. The quantitative estimate of drug-likeness (QED) is 0.514. The Morgan fingerprint density at radius 3 is 2.34 bits per heavy atom. The summed E-state index contributed by atoms with van der Waals surface area (Å²) in [6.07, 6.45) is 4.04. The Morgan fingerprint density at radius 1 is 1.06 bits per heavy atom. The van der Waals surface area contributed by atoms with Gasteiger partial charge >= 0.3 is 0 Å². The van der Waals surface area contributed by atoms with Crippen molar-refractivity contribution in [3.05, 3.63) is 65.5 Å². The van der Waals surface area contributed by atoms with Gasteiger partial charge in [-0.15, -0.1) is 0 Å². The Hall–Kier alpha value is -3.28. The molecule has 3 aromatic rings. The average molecular weight is 435 g/mol. The third kappa shape index (κ3) is 4.96. The van der Waals surface area contributed by atoms with Crippen molar-refractivity contribution in [3.8, 4) is 23.0 Å². The molecule has 0 unspecified atom stereocenters. The molecular weight excluding hydrogens is 404 g/mol. The monoisotopic (exact) mass is 434 g/mol. The number of hydrogen-bond donors (Lipinski definition) is 0. The molecule has 0 saturated carbocycles. The van der Waals surface area contributed by atoms with Crippen molar-refractivity contribution in [1.82, 2.24) is 9.88 Å². The lowest BCUT2D eigenvalue weighted by Gasteiger charge is -2.31. The van der Waals surface area contributed by atoms with Crippen molar-refractivity contribution in [2.75, 3.05) is 27.3 Å². The third-order valence-electron chi connectivity index (χ3n) is 6.17. The summed E-state index contributed by atoms with van der Waals surface area (Å²) in [6, 6.07) is 15.7. The molecule has 2 aromatic carbocycles. The van der Waals surface area contributed by atoms with Gasteiger partial charge in [0.25, 0.3) is 5.91 Å². The number of nitrogens with zero attached hydrogens (tertiary/aromatic N) is 2. The number of aromatic nitrogens is 1. The minimum atomic E-state index is -0.0376. The molecule has 1 amide bonds. The predicted octanol–water partition coefficient (Wildman–Crippen LogP) is 5.15. The van der Waals surface area contributed by atoms with Crippen molar-refractivity contribution >= 4 is 5.91 Å². The van der Waals surface area contributed by atoms with E-state index in [2.05, 4.69) is 17.1 Å². The van der Waals surface area contributed by atoms with E-state index in [1.807, 2.05) is 48.2 Å². The van der Waals surface area contributed by atoms with Crippen LogP contribution in [0.2, 0.25) is 0 Å². The van der Waals surface area contributed by atoms with Gasteiger partial charge in [0.2, 0.25) is 5.89 Å². The van der Waals surface area contributed by atoms with Gasteiger partial charge in [0, 0.05) is 24.7 Å². The van der Waals surface area contributed by atoms with Gasteiger partial charge in [-0.2, -0.15) is 0 Å². The van der Waals surface area contributed by atoms with Crippen LogP contribution in [0.25, 0.3) is 11.5 Å². The second-order valence-corrected chi connectivity index (χ2v) is 8.29. The standard InChI is InChI=1S/C26H30N2O4/c1-18-24(27-25(32-18)21-7-5-4-6-8-21)26(29)28-13-11-19(12-14-28)9-10-20-15-22(30-2)17-23(16-20)31-3/h4-8,15-17,19H,9-14H2,1-3H3. The highest BCUT2D eigenvalue weighted by atomic mass is 16.5. The fourth-order valence-electron chi connectivity index (χ4n) is 4.26. The Labute approximate surface area is 189 Å². The van der Waals surface area contributed by atoms with E-state index in [9.17, 15) is 4.79 Å². The van der Waals surface area contributed by atoms with Gasteiger partial charge in [-0.05, 0) is 68.4 Å². The van der Waals surface area contributed by atoms with Crippen LogP contribution in [0.15, 0.2) is 52.9 Å². The number of benzene rings is 2. The summed E-state index contributed by atoms with van der Waals surface area (Å²) in [5.41, 5.74) is 2.51. The molecule has 1 aliphatic heterocycles. The summed E-state index contributed by atoms with van der Waals surface area (Å²) in [7, 11) is 3.34. The van der Waals surface area contributed by atoms with E-state index in [1.165, 1.54) is 5.56 Å². The van der Waals surface area contributed by atoms with Crippen molar-refractivity contribution in [1.29, 1.82) is 0 Å². The summed E-state index contributed by atoms with van der Waals surface area (Å²) >= 11 is 0. The van der Waals surface area contributed by atoms with E-state index in [0.29, 0.717) is 23.3 Å². The fraction of sp³-hybridized carbons (Fsp3) is 0.385. The maximum atomic E-state index is 13.1. The van der Waals surface area contributed by atoms with Crippen LogP contribution >= 0.6 is 0 Å². The highest BCUT2D eigenvalue weighted by molar-refractivity contribution is 5.93. The first-order valence-corrected chi connectivity index (χ1v) is 11.1. The van der Waals surface area contributed by atoms with Crippen LogP contribution < -0.4 is 9.47 Å². The van der Waals surface area contributed by atoms with Crippen LogP contribution in [0.5, 0.6) is 11.5 Å². The zero-order valence-electron chi connectivity index (χ0n) is 19.0. The lowest BCUT2D eigenvalue weighted by Crippen LogP contribution is -2.39. The molecule has 0 spiro atoms. The van der Waals surface area contributed by atoms with Gasteiger partial charge in [0.15, 0.2) is 5.69 Å². The SMILES string of the molecule is COc1cc(CCC2CCN(C(=O)c3nc(-c4ccccc4)oc3C)CC2)cc(OC)c1. The first-order chi connectivity index (χ1) is 15.6. The molecule has 0 atom stereocenters. The van der Waals surface area contributed by atoms with E-state index < -0.39 is 0 Å². The van der Waals surface area contributed by atoms with Crippen molar-refractivity contribution < 1.29 is 18.7 Å². The number of methoxy groups -OCH3 is 2. The molecule has 2 heterocycles. The first-order valence-electron chi connectivity index (χ1n) is 11.1. The second kappa shape index (κ2) is 9.90. The molecule has 32 heavy (non-hydrogen) atoms. The normalized spacial score (nSPS) is 14.4. The first kappa shape index (κ1) is 21.9. The lowest BCUT2D eigenvalue weighted by molar-refractivity contribution is 0.0680. The molecule has 6 nitrogen and oxygen atoms in total. The number of carbonyl (C=O) groups excluding carboxylic acids is 1. The Kier molecular flexibility index (Phi) is 6.78. The van der Waals surface area contributed by atoms with E-state index in [4.69, 9.17) is 13.9 Å². The summed E-state index contributed by atoms with van der Waals surface area (Å²) in [5, 5.41) is 0. The Bertz CT molecular complexity index is 1030. The van der Waals surface area contributed by atoms with Crippen LogP contribution in [-0.2, 0) is 6.42 Å². The van der Waals surface area contributed by atoms with Crippen molar-refractivity contribution in [3.63, 3.8) is 0 Å². The maximum absolute atomic E-state index is 13.1. The number of rotatable bonds is 7. The molecule has 0 N–H and O–H groups in total. The van der Waals surface area contributed by atoms with E-state index in [1.54, 1.807) is 14.2 Å². The number of aryl methyl sites for hydroxylation is 2. The van der Waals surface area contributed by atoms with Gasteiger partial charge in [0.1, 0.15) is 17.3 Å². The lowest BCUT2D eigenvalue weighted by atomic mass is 9.90. The molecule has 1 aromatic heterocycles. The highest BCUT2D eigenvalue weighted by Crippen LogP contribution is 2.28. The maximum Gasteiger partial charge on any atom is 0.276 e. The minimum absolute atomic E-state index is 0.0376. The summed E-state index contributed by atoms with van der Waals surface area (Å²) in [5.74, 6) is 3.26. The summed E-state index contributed by atoms with van der Waals surface area (Å²) < 4.78 is 16.5. The minimum Gasteiger partial charge on any atom is -0.497 e. The summed E-state index contributed by atoms with van der Waals surface area (Å²) in [4.78, 5) is 19.5. The number of amides is 1. The van der Waals surface area contributed by atoms with E-state index >= 15 is 0 Å². The van der Waals surface area contributed by atoms with E-state index in [0.717, 1.165) is 55.8 Å². The second-order valence-electron chi connectivity index (χ2n) is 8.29. The van der Waals surface area contributed by atoms with Gasteiger partial charge in [0.05, 0.1) is 14.2 Å². The molecule has 168 valence electrons. The molecular formula is C26H30N2O4. The number of carbonyl (C=O) groups is 1. The van der Waals surface area contributed by atoms with Gasteiger partial charge in [-0.25, -0.2) is 4.98 Å². The smallest absolute Gasteiger partial charge is 0.276 e. The molecule has 1 saturated heterocycles. The van der Waals surface area contributed by atoms with Crippen molar-refractivity contribution in [2.24, 2.45) is 5.92 Å². The third-order valence-corrected chi connectivity index (χ3v) is 6.17. The molecule has 0 aliphatic carbocycles. The van der Waals surface area contributed by atoms with E-state index in [-0.39, 0.29) is 5.91 Å². The van der Waals surface area contributed by atoms with Crippen LogP contribution in [0.4, 0.5) is 0 Å². The van der Waals surface area contributed by atoms with Gasteiger partial charge < -0.3 is 18.8 Å². The van der Waals surface area contributed by atoms with Gasteiger partial charge in [-0.1, -0.05) is 18.2 Å². The number of ether oxygens (including phenoxy) is 2. The number of oxazole rings is 1. The Morgan fingerprint density at radius 2 is 1.72 bits per heavy atom. The molecule has 4 rings (SSSR count). The van der Waals surface area contributed by atoms with Crippen LogP contribution in [0.1, 0.15) is 41.1 Å². The molecule has 0 radical (unpaired) electrons. The van der Waals surface area contributed by atoms with Crippen LogP contribution in [0.3, 0.4) is 0 Å². The molecule has 6 heteroatoms. The molecule has 0 bridgehead atoms. The number of hydrogen-bond acceptors (Lipinski definition) is 5. The fourth-order valence-corrected chi connectivity index (χ4v) is 4.26. The zero-order valence-corrected chi connectivity index (χ0v) is 19.0. The molecule has 1 aliphatic rings. The zero-order chi connectivity index (χ0) is 22.5. The number of piperidine rings is 1.